The Morgan fingerprint density at radius 2 is 2.09 bits per heavy atom. The molecule has 0 saturated carbocycles. The number of allylic oxidation sites excluding steroid dienone is 2. The Hall–Kier alpha value is -0.560. The van der Waals surface area contributed by atoms with E-state index in [-0.39, 0.29) is 0 Å². The smallest absolute Gasteiger partial charge is 0.0626 e. The molecule has 11 heavy (non-hydrogen) atoms. The first-order valence-electron chi connectivity index (χ1n) is 3.97. The predicted octanol–water partition coefficient (Wildman–Crippen LogP) is 2.53. The van der Waals surface area contributed by atoms with E-state index >= 15 is 0 Å². The molecule has 0 aliphatic carbocycles. The van der Waals surface area contributed by atoms with Crippen molar-refractivity contribution in [2.75, 3.05) is 0 Å². The first kappa shape index (κ1) is 10.4. The highest BCUT2D eigenvalue weighted by Crippen LogP contribution is 2.09. The highest BCUT2D eigenvalue weighted by molar-refractivity contribution is 4.96. The fourth-order valence-electron chi connectivity index (χ4n) is 0.650. The van der Waals surface area contributed by atoms with Crippen molar-refractivity contribution in [1.82, 2.24) is 0 Å². The van der Waals surface area contributed by atoms with E-state index in [1.807, 2.05) is 18.2 Å². The third kappa shape index (κ3) is 7.34. The molecule has 0 amide bonds. The van der Waals surface area contributed by atoms with E-state index in [2.05, 4.69) is 13.5 Å². The lowest BCUT2D eigenvalue weighted by Crippen LogP contribution is -2.16. The van der Waals surface area contributed by atoms with Crippen molar-refractivity contribution in [3.05, 3.63) is 24.8 Å². The van der Waals surface area contributed by atoms with Crippen molar-refractivity contribution >= 4 is 0 Å². The lowest BCUT2D eigenvalue weighted by molar-refractivity contribution is 0.0838. The molecule has 0 aromatic rings. The molecule has 0 radical (unpaired) electrons. The van der Waals surface area contributed by atoms with Crippen LogP contribution in [-0.4, -0.2) is 10.7 Å². The van der Waals surface area contributed by atoms with Crippen molar-refractivity contribution in [1.29, 1.82) is 0 Å². The van der Waals surface area contributed by atoms with Gasteiger partial charge < -0.3 is 5.11 Å². The minimum absolute atomic E-state index is 0.400. The summed E-state index contributed by atoms with van der Waals surface area (Å²) >= 11 is 0. The van der Waals surface area contributed by atoms with Gasteiger partial charge in [0.05, 0.1) is 5.60 Å². The Kier molecular flexibility index (Phi) is 4.12. The minimum Gasteiger partial charge on any atom is -0.390 e. The molecule has 1 nitrogen and oxygen atoms in total. The van der Waals surface area contributed by atoms with Crippen LogP contribution in [-0.2, 0) is 0 Å². The van der Waals surface area contributed by atoms with Crippen LogP contribution in [0.4, 0.5) is 0 Å². The van der Waals surface area contributed by atoms with Crippen molar-refractivity contribution in [2.24, 2.45) is 5.92 Å². The zero-order valence-electron chi connectivity index (χ0n) is 7.67. The van der Waals surface area contributed by atoms with Gasteiger partial charge in [-0.2, -0.15) is 0 Å². The summed E-state index contributed by atoms with van der Waals surface area (Å²) in [6.07, 6.45) is 6.61. The molecule has 0 spiro atoms. The molecule has 0 unspecified atom stereocenters. The molecule has 1 atom stereocenters. The summed E-state index contributed by atoms with van der Waals surface area (Å²) in [7, 11) is 0. The molecular formula is C10H18O. The second-order valence-electron chi connectivity index (χ2n) is 3.54. The van der Waals surface area contributed by atoms with Gasteiger partial charge in [0, 0.05) is 0 Å². The van der Waals surface area contributed by atoms with E-state index in [0.717, 1.165) is 0 Å². The van der Waals surface area contributed by atoms with Gasteiger partial charge in [-0.25, -0.2) is 0 Å². The maximum atomic E-state index is 9.33. The zero-order chi connectivity index (χ0) is 8.91. The Balaban J connectivity index is 3.69. The maximum Gasteiger partial charge on any atom is 0.0626 e. The van der Waals surface area contributed by atoms with Crippen LogP contribution in [0.1, 0.15) is 27.2 Å². The predicted molar refractivity (Wildman–Crippen MR) is 49.4 cm³/mol. The van der Waals surface area contributed by atoms with Gasteiger partial charge in [0.15, 0.2) is 0 Å². The van der Waals surface area contributed by atoms with Gasteiger partial charge in [0.25, 0.3) is 0 Å². The van der Waals surface area contributed by atoms with E-state index in [9.17, 15) is 5.11 Å². The van der Waals surface area contributed by atoms with Gasteiger partial charge in [0.1, 0.15) is 0 Å². The minimum atomic E-state index is -0.586. The molecule has 0 fully saturated rings. The summed E-state index contributed by atoms with van der Waals surface area (Å²) in [5.74, 6) is 0.400. The van der Waals surface area contributed by atoms with Crippen molar-refractivity contribution < 1.29 is 5.11 Å². The highest BCUT2D eigenvalue weighted by atomic mass is 16.3. The molecule has 0 bridgehead atoms. The lowest BCUT2D eigenvalue weighted by Gasteiger charge is -2.13. The number of aliphatic hydroxyl groups is 1. The Bertz CT molecular complexity index is 139. The molecule has 0 aromatic heterocycles. The van der Waals surface area contributed by atoms with Crippen molar-refractivity contribution in [3.63, 3.8) is 0 Å². The molecule has 0 rings (SSSR count). The van der Waals surface area contributed by atoms with E-state index in [0.29, 0.717) is 12.3 Å². The molecule has 1 N–H and O–H groups in total. The van der Waals surface area contributed by atoms with Gasteiger partial charge in [0.2, 0.25) is 0 Å². The monoisotopic (exact) mass is 154 g/mol. The quantitative estimate of drug-likeness (QED) is 0.617. The standard InChI is InChI=1S/C10H18O/c1-5-9(2)7-6-8-10(3,4)11/h5-7,9,11H,1,8H2,2-4H3/b7-6-/t9-/m1/s1. The van der Waals surface area contributed by atoms with Crippen LogP contribution in [0.25, 0.3) is 0 Å². The van der Waals surface area contributed by atoms with Gasteiger partial charge in [-0.15, -0.1) is 6.58 Å². The van der Waals surface area contributed by atoms with Crippen molar-refractivity contribution in [2.45, 2.75) is 32.8 Å². The van der Waals surface area contributed by atoms with E-state index in [4.69, 9.17) is 0 Å². The first-order chi connectivity index (χ1) is 4.95. The van der Waals surface area contributed by atoms with Gasteiger partial charge in [-0.1, -0.05) is 25.2 Å². The van der Waals surface area contributed by atoms with Gasteiger partial charge in [-0.05, 0) is 26.2 Å². The summed E-state index contributed by atoms with van der Waals surface area (Å²) in [6, 6.07) is 0. The van der Waals surface area contributed by atoms with Crippen LogP contribution in [0.5, 0.6) is 0 Å². The Morgan fingerprint density at radius 1 is 1.55 bits per heavy atom. The van der Waals surface area contributed by atoms with Crippen LogP contribution in [0, 0.1) is 5.92 Å². The van der Waals surface area contributed by atoms with E-state index in [1.54, 1.807) is 13.8 Å². The van der Waals surface area contributed by atoms with Crippen LogP contribution in [0.15, 0.2) is 24.8 Å². The van der Waals surface area contributed by atoms with E-state index in [1.165, 1.54) is 0 Å². The van der Waals surface area contributed by atoms with Crippen LogP contribution in [0.3, 0.4) is 0 Å². The third-order valence-corrected chi connectivity index (χ3v) is 1.43. The Labute approximate surface area is 69.4 Å². The summed E-state index contributed by atoms with van der Waals surface area (Å²) < 4.78 is 0. The molecule has 0 aromatic carbocycles. The van der Waals surface area contributed by atoms with Gasteiger partial charge >= 0.3 is 0 Å². The van der Waals surface area contributed by atoms with Crippen LogP contribution >= 0.6 is 0 Å². The summed E-state index contributed by atoms with van der Waals surface area (Å²) in [6.45, 7) is 9.33. The van der Waals surface area contributed by atoms with Crippen LogP contribution in [0.2, 0.25) is 0 Å². The average Bonchev–Trinajstić information content (AvgIpc) is 1.85. The SMILES string of the molecule is C=C[C@@H](C)/C=C\CC(C)(C)O. The fourth-order valence-corrected chi connectivity index (χ4v) is 0.650. The van der Waals surface area contributed by atoms with E-state index < -0.39 is 5.60 Å². The molecule has 0 saturated heterocycles. The summed E-state index contributed by atoms with van der Waals surface area (Å²) in [5.41, 5.74) is -0.586. The summed E-state index contributed by atoms with van der Waals surface area (Å²) in [5, 5.41) is 9.33. The lowest BCUT2D eigenvalue weighted by atomic mass is 10.0. The molecule has 1 heteroatoms. The first-order valence-corrected chi connectivity index (χ1v) is 3.97. The maximum absolute atomic E-state index is 9.33. The van der Waals surface area contributed by atoms with Crippen LogP contribution < -0.4 is 0 Å². The second kappa shape index (κ2) is 4.35. The largest absolute Gasteiger partial charge is 0.390 e. The second-order valence-corrected chi connectivity index (χ2v) is 3.54. The summed E-state index contributed by atoms with van der Waals surface area (Å²) in [4.78, 5) is 0. The molecule has 0 heterocycles. The fraction of sp³-hybridized carbons (Fsp3) is 0.600. The molecular weight excluding hydrogens is 136 g/mol. The molecule has 0 aliphatic rings. The third-order valence-electron chi connectivity index (χ3n) is 1.43. The average molecular weight is 154 g/mol. The highest BCUT2D eigenvalue weighted by Gasteiger charge is 2.08. The number of rotatable bonds is 4. The van der Waals surface area contributed by atoms with Crippen molar-refractivity contribution in [3.8, 4) is 0 Å². The zero-order valence-corrected chi connectivity index (χ0v) is 7.67. The molecule has 64 valence electrons. The normalized spacial score (nSPS) is 15.3. The number of hydrogen-bond acceptors (Lipinski definition) is 1. The Morgan fingerprint density at radius 3 is 2.45 bits per heavy atom. The topological polar surface area (TPSA) is 20.2 Å². The van der Waals surface area contributed by atoms with Gasteiger partial charge in [-0.3, -0.25) is 0 Å². The molecule has 0 aliphatic heterocycles. The number of hydrogen-bond donors (Lipinski definition) is 1.